The smallest absolute Gasteiger partial charge is 0.294 e. The van der Waals surface area contributed by atoms with Crippen LogP contribution in [0.15, 0.2) is 116 Å². The lowest BCUT2D eigenvalue weighted by Crippen LogP contribution is -2.39. The highest BCUT2D eigenvalue weighted by molar-refractivity contribution is 7.00. The maximum absolute atomic E-state index is 14.9. The van der Waals surface area contributed by atoms with E-state index in [4.69, 9.17) is 0 Å². The third-order valence-electron chi connectivity index (χ3n) is 8.75. The van der Waals surface area contributed by atoms with Crippen LogP contribution in [0.25, 0.3) is 33.6 Å². The van der Waals surface area contributed by atoms with Gasteiger partial charge < -0.3 is 0 Å². The fraction of sp³-hybridized carbons (Fsp3) is 0.0714. The van der Waals surface area contributed by atoms with Gasteiger partial charge in [-0.1, -0.05) is 60.1 Å². The number of fused-ring (bicyclic) bond motifs is 2. The van der Waals surface area contributed by atoms with Crippen LogP contribution in [0.1, 0.15) is 27.8 Å². The Hall–Kier alpha value is -7.69. The molecule has 4 heterocycles. The van der Waals surface area contributed by atoms with Crippen LogP contribution in [0.3, 0.4) is 0 Å². The van der Waals surface area contributed by atoms with Crippen molar-refractivity contribution >= 4 is 33.9 Å². The average Bonchev–Trinajstić information content (AvgIpc) is 3.71. The summed E-state index contributed by atoms with van der Waals surface area (Å²) in [4.78, 5) is 54.7. The first kappa shape index (κ1) is 38.6. The molecule has 0 saturated heterocycles. The molecule has 8 aromatic rings. The molecular formula is C42H25F4N7O4S. The van der Waals surface area contributed by atoms with E-state index < -0.39 is 57.1 Å². The van der Waals surface area contributed by atoms with Gasteiger partial charge in [0.25, 0.3) is 11.1 Å². The van der Waals surface area contributed by atoms with Gasteiger partial charge in [-0.3, -0.25) is 18.7 Å². The summed E-state index contributed by atoms with van der Waals surface area (Å²) in [5.74, 6) is 6.64. The normalized spacial score (nSPS) is 10.7. The first-order valence-corrected chi connectivity index (χ1v) is 17.7. The first-order valence-electron chi connectivity index (χ1n) is 17.0. The highest BCUT2D eigenvalue weighted by atomic mass is 32.1. The number of halogens is 4. The molecule has 0 atom stereocenters. The topological polar surface area (TPSA) is 127 Å². The lowest BCUT2D eigenvalue weighted by molar-refractivity contribution is 0.558. The largest absolute Gasteiger partial charge is 0.337 e. The van der Waals surface area contributed by atoms with Crippen LogP contribution in [0.4, 0.5) is 17.6 Å². The number of hydrogen-bond donors (Lipinski definition) is 0. The lowest BCUT2D eigenvalue weighted by atomic mass is 10.1. The summed E-state index contributed by atoms with van der Waals surface area (Å²) in [5, 5.41) is 0. The molecule has 0 fully saturated rings. The molecule has 0 N–H and O–H groups in total. The molecular weight excluding hydrogens is 775 g/mol. The van der Waals surface area contributed by atoms with E-state index in [1.807, 2.05) is 12.1 Å². The monoisotopic (exact) mass is 799 g/mol. The third-order valence-corrected chi connectivity index (χ3v) is 9.27. The second-order valence-electron chi connectivity index (χ2n) is 12.5. The zero-order valence-electron chi connectivity index (χ0n) is 30.4. The summed E-state index contributed by atoms with van der Waals surface area (Å²) in [6, 6.07) is 23.5. The standard InChI is InChI=1S/C23H15F2N3O2.C19H10F2N4O2S/c1-14-10-11-26-19-20(14)27(2)23(30)28(22(19)29)21-17(24)12-16(13-18(21)25)9-8-15-6-4-3-5-7-15;1-24-17-15(22-28-23-17)18(26)25(19(24)27)16-13(20)9-12(10-14(16)21)8-7-11-5-3-2-4-6-11/h3-7,10-13H,1-2H3;2-6,9-10H,1H3. The van der Waals surface area contributed by atoms with Gasteiger partial charge in [0.15, 0.2) is 39.9 Å². The Balaban J connectivity index is 0.000000177. The van der Waals surface area contributed by atoms with E-state index in [1.165, 1.54) is 20.3 Å². The molecule has 4 aromatic heterocycles. The van der Waals surface area contributed by atoms with Crippen LogP contribution >= 0.6 is 11.7 Å². The Bertz CT molecular complexity index is 3270. The molecule has 4 aromatic carbocycles. The second-order valence-corrected chi connectivity index (χ2v) is 13.1. The maximum Gasteiger partial charge on any atom is 0.337 e. The van der Waals surface area contributed by atoms with Gasteiger partial charge in [-0.15, -0.1) is 0 Å². The van der Waals surface area contributed by atoms with E-state index in [2.05, 4.69) is 37.4 Å². The van der Waals surface area contributed by atoms with E-state index >= 15 is 0 Å². The molecule has 0 bridgehead atoms. The SMILES string of the molecule is Cc1ccnc2c(=O)n(-c3c(F)cc(C#Cc4ccccc4)cc3F)c(=O)n(C)c12.Cn1c(=O)n(-c2c(F)cc(C#Cc3ccccc3)cc2F)c(=O)c2nsnc21. The minimum Gasteiger partial charge on any atom is -0.294 e. The molecule has 0 radical (unpaired) electrons. The molecule has 16 heteroatoms. The molecule has 0 aliphatic carbocycles. The highest BCUT2D eigenvalue weighted by Crippen LogP contribution is 2.20. The predicted octanol–water partition coefficient (Wildman–Crippen LogP) is 5.29. The van der Waals surface area contributed by atoms with Crippen LogP contribution in [0.2, 0.25) is 0 Å². The molecule has 286 valence electrons. The van der Waals surface area contributed by atoms with Crippen molar-refractivity contribution in [3.8, 4) is 35.1 Å². The molecule has 0 amide bonds. The summed E-state index contributed by atoms with van der Waals surface area (Å²) in [6.45, 7) is 1.72. The molecule has 0 aliphatic heterocycles. The summed E-state index contributed by atoms with van der Waals surface area (Å²) in [5.41, 5.74) is -2.80. The number of pyridine rings is 1. The number of benzene rings is 4. The van der Waals surface area contributed by atoms with Gasteiger partial charge >= 0.3 is 11.4 Å². The molecule has 0 aliphatic rings. The van der Waals surface area contributed by atoms with Gasteiger partial charge in [0.1, 0.15) is 11.4 Å². The highest BCUT2D eigenvalue weighted by Gasteiger charge is 2.23. The quantitative estimate of drug-likeness (QED) is 0.172. The Morgan fingerprint density at radius 1 is 0.552 bits per heavy atom. The van der Waals surface area contributed by atoms with E-state index in [1.54, 1.807) is 61.5 Å². The Labute approximate surface area is 328 Å². The molecule has 8 rings (SSSR count). The average molecular weight is 800 g/mol. The third kappa shape index (κ3) is 7.23. The molecule has 11 nitrogen and oxygen atoms in total. The van der Waals surface area contributed by atoms with Crippen LogP contribution in [-0.2, 0) is 14.1 Å². The number of nitrogens with zero attached hydrogens (tertiary/aromatic N) is 7. The lowest BCUT2D eigenvalue weighted by Gasteiger charge is -2.13. The van der Waals surface area contributed by atoms with E-state index in [-0.39, 0.29) is 27.8 Å². The Kier molecular flexibility index (Phi) is 10.5. The van der Waals surface area contributed by atoms with Crippen molar-refractivity contribution < 1.29 is 17.6 Å². The predicted molar refractivity (Wildman–Crippen MR) is 210 cm³/mol. The minimum absolute atomic E-state index is 0.0520. The van der Waals surface area contributed by atoms with Gasteiger partial charge in [-0.2, -0.15) is 8.75 Å². The zero-order valence-corrected chi connectivity index (χ0v) is 31.2. The van der Waals surface area contributed by atoms with Crippen molar-refractivity contribution in [2.45, 2.75) is 6.92 Å². The first-order chi connectivity index (χ1) is 27.8. The van der Waals surface area contributed by atoms with Crippen molar-refractivity contribution in [2.75, 3.05) is 0 Å². The van der Waals surface area contributed by atoms with Crippen LogP contribution in [-0.4, -0.2) is 32.0 Å². The Morgan fingerprint density at radius 2 is 0.983 bits per heavy atom. The van der Waals surface area contributed by atoms with Gasteiger partial charge in [0.05, 0.1) is 17.2 Å². The number of hydrogen-bond acceptors (Lipinski definition) is 8. The maximum atomic E-state index is 14.9. The van der Waals surface area contributed by atoms with Crippen molar-refractivity contribution in [3.63, 3.8) is 0 Å². The molecule has 0 unspecified atom stereocenters. The molecule has 58 heavy (non-hydrogen) atoms. The van der Waals surface area contributed by atoms with Gasteiger partial charge in [-0.05, 0) is 67.1 Å². The summed E-state index contributed by atoms with van der Waals surface area (Å²) in [6.07, 6.45) is 1.41. The van der Waals surface area contributed by atoms with E-state index in [0.717, 1.165) is 45.1 Å². The fourth-order valence-corrected chi connectivity index (χ4v) is 6.54. The summed E-state index contributed by atoms with van der Waals surface area (Å²) >= 11 is 0.730. The van der Waals surface area contributed by atoms with Crippen LogP contribution < -0.4 is 22.5 Å². The van der Waals surface area contributed by atoms with Crippen molar-refractivity contribution in [3.05, 3.63) is 190 Å². The van der Waals surface area contributed by atoms with E-state index in [0.29, 0.717) is 31.3 Å². The zero-order chi connectivity index (χ0) is 41.2. The van der Waals surface area contributed by atoms with Gasteiger partial charge in [0, 0.05) is 42.5 Å². The van der Waals surface area contributed by atoms with Crippen molar-refractivity contribution in [1.82, 2.24) is 32.0 Å². The van der Waals surface area contributed by atoms with Gasteiger partial charge in [-0.25, -0.2) is 41.3 Å². The second kappa shape index (κ2) is 15.8. The molecule has 0 spiro atoms. The summed E-state index contributed by atoms with van der Waals surface area (Å²) in [7, 11) is 2.77. The van der Waals surface area contributed by atoms with Crippen molar-refractivity contribution in [2.24, 2.45) is 14.1 Å². The molecule has 0 saturated carbocycles. The van der Waals surface area contributed by atoms with E-state index in [9.17, 15) is 36.7 Å². The number of aromatic nitrogens is 7. The van der Waals surface area contributed by atoms with Gasteiger partial charge in [0.2, 0.25) is 0 Å². The Morgan fingerprint density at radius 3 is 1.47 bits per heavy atom. The number of aryl methyl sites for hydroxylation is 3. The fourth-order valence-electron chi connectivity index (χ4n) is 5.97. The number of rotatable bonds is 2. The van der Waals surface area contributed by atoms with Crippen molar-refractivity contribution in [1.29, 1.82) is 0 Å². The summed E-state index contributed by atoms with van der Waals surface area (Å²) < 4.78 is 69.8. The minimum atomic E-state index is -1.08. The van der Waals surface area contributed by atoms with Crippen LogP contribution in [0, 0.1) is 53.9 Å². The van der Waals surface area contributed by atoms with Crippen LogP contribution in [0.5, 0.6) is 0 Å².